The monoisotopic (exact) mass is 142 g/mol. The molecule has 0 fully saturated rings. The molecule has 0 bridgehead atoms. The molecule has 0 amide bonds. The number of nitrogens with one attached hydrogen (secondary N) is 1. The van der Waals surface area contributed by atoms with Crippen molar-refractivity contribution >= 4 is 23.7 Å². The van der Waals surface area contributed by atoms with Gasteiger partial charge >= 0.3 is 0 Å². The number of hydrogen-bond acceptors (Lipinski definition) is 4. The zero-order valence-electron chi connectivity index (χ0n) is 4.59. The second kappa shape index (κ2) is 2.02. The van der Waals surface area contributed by atoms with Crippen molar-refractivity contribution in [2.24, 2.45) is 0 Å². The third-order valence-electron chi connectivity index (χ3n) is 0.873. The van der Waals surface area contributed by atoms with Crippen molar-refractivity contribution in [1.29, 1.82) is 0 Å². The fourth-order valence-electron chi connectivity index (χ4n) is 0.417. The van der Waals surface area contributed by atoms with Gasteiger partial charge in [-0.05, 0) is 12.2 Å². The van der Waals surface area contributed by atoms with Crippen molar-refractivity contribution in [1.82, 2.24) is 9.97 Å². The third-order valence-corrected chi connectivity index (χ3v) is 1.08. The lowest BCUT2D eigenvalue weighted by molar-refractivity contribution is 1.15. The van der Waals surface area contributed by atoms with E-state index in [1.54, 1.807) is 0 Å². The Bertz CT molecular complexity index is 266. The molecule has 1 aromatic heterocycles. The van der Waals surface area contributed by atoms with E-state index in [-0.39, 0.29) is 0 Å². The molecule has 0 saturated carbocycles. The molecule has 0 spiro atoms. The van der Waals surface area contributed by atoms with Crippen LogP contribution in [0.4, 0.5) is 11.5 Å². The summed E-state index contributed by atoms with van der Waals surface area (Å²) in [5, 5.41) is 0. The lowest BCUT2D eigenvalue weighted by Crippen LogP contribution is -1.98. The number of aromatic nitrogens is 2. The fourth-order valence-corrected chi connectivity index (χ4v) is 0.580. The van der Waals surface area contributed by atoms with Crippen LogP contribution in [-0.2, 0) is 0 Å². The van der Waals surface area contributed by atoms with Gasteiger partial charge in [0.1, 0.15) is 5.82 Å². The summed E-state index contributed by atoms with van der Waals surface area (Å²) in [6.07, 6.45) is 1.42. The van der Waals surface area contributed by atoms with Crippen LogP contribution in [0.1, 0.15) is 0 Å². The van der Waals surface area contributed by atoms with Crippen LogP contribution in [0.2, 0.25) is 0 Å². The van der Waals surface area contributed by atoms with E-state index in [1.165, 1.54) is 6.20 Å². The van der Waals surface area contributed by atoms with Crippen LogP contribution >= 0.6 is 12.2 Å². The highest BCUT2D eigenvalue weighted by atomic mass is 32.1. The number of H-pyrrole nitrogens is 1. The molecule has 0 aliphatic rings. The second-order valence-corrected chi connectivity index (χ2v) is 1.94. The van der Waals surface area contributed by atoms with E-state index in [0.717, 1.165) is 0 Å². The Morgan fingerprint density at radius 2 is 2.22 bits per heavy atom. The molecule has 1 aromatic rings. The Labute approximate surface area is 56.9 Å². The van der Waals surface area contributed by atoms with E-state index in [4.69, 9.17) is 11.5 Å². The zero-order chi connectivity index (χ0) is 6.85. The summed E-state index contributed by atoms with van der Waals surface area (Å²) < 4.78 is 0.349. The molecule has 0 saturated heterocycles. The first kappa shape index (κ1) is 6.03. The van der Waals surface area contributed by atoms with Crippen molar-refractivity contribution in [3.05, 3.63) is 11.0 Å². The largest absolute Gasteiger partial charge is 0.395 e. The lowest BCUT2D eigenvalue weighted by atomic mass is 10.5. The maximum absolute atomic E-state index is 5.33. The van der Waals surface area contributed by atoms with Gasteiger partial charge in [0.15, 0.2) is 4.77 Å². The van der Waals surface area contributed by atoms with E-state index in [0.29, 0.717) is 16.3 Å². The molecule has 0 aliphatic carbocycles. The number of rotatable bonds is 0. The van der Waals surface area contributed by atoms with Gasteiger partial charge in [-0.2, -0.15) is 0 Å². The minimum absolute atomic E-state index is 0.349. The fraction of sp³-hybridized carbons (Fsp3) is 0. The number of nitrogen functional groups attached to an aromatic ring is 2. The normalized spacial score (nSPS) is 9.33. The average Bonchev–Trinajstić information content (AvgIpc) is 1.80. The van der Waals surface area contributed by atoms with Gasteiger partial charge in [0.05, 0.1) is 11.9 Å². The molecule has 0 aliphatic heterocycles. The summed E-state index contributed by atoms with van der Waals surface area (Å²) in [6, 6.07) is 0. The minimum atomic E-state index is 0.349. The molecule has 1 heterocycles. The number of hydrogen-bond donors (Lipinski definition) is 3. The molecular formula is C4H6N4S. The van der Waals surface area contributed by atoms with E-state index in [1.807, 2.05) is 0 Å². The van der Waals surface area contributed by atoms with Gasteiger partial charge in [0.2, 0.25) is 0 Å². The smallest absolute Gasteiger partial charge is 0.198 e. The molecule has 0 aromatic carbocycles. The lowest BCUT2D eigenvalue weighted by Gasteiger charge is -1.94. The first-order chi connectivity index (χ1) is 4.20. The molecule has 0 unspecified atom stereocenters. The van der Waals surface area contributed by atoms with E-state index in [9.17, 15) is 0 Å². The van der Waals surface area contributed by atoms with Gasteiger partial charge in [-0.3, -0.25) is 0 Å². The van der Waals surface area contributed by atoms with Crippen LogP contribution in [0.25, 0.3) is 0 Å². The van der Waals surface area contributed by atoms with Crippen LogP contribution < -0.4 is 11.5 Å². The predicted molar refractivity (Wildman–Crippen MR) is 38.2 cm³/mol. The van der Waals surface area contributed by atoms with Crippen LogP contribution in [0.15, 0.2) is 6.20 Å². The van der Waals surface area contributed by atoms with Gasteiger partial charge in [-0.25, -0.2) is 4.98 Å². The van der Waals surface area contributed by atoms with E-state index in [2.05, 4.69) is 22.2 Å². The molecule has 5 N–H and O–H groups in total. The summed E-state index contributed by atoms with van der Waals surface area (Å²) in [4.78, 5) is 6.29. The Kier molecular flexibility index (Phi) is 1.35. The summed E-state index contributed by atoms with van der Waals surface area (Å²) >= 11 is 4.66. The minimum Gasteiger partial charge on any atom is -0.395 e. The topological polar surface area (TPSA) is 80.7 Å². The Hall–Kier alpha value is -1.10. The Morgan fingerprint density at radius 1 is 1.56 bits per heavy atom. The number of anilines is 2. The predicted octanol–water partition coefficient (Wildman–Crippen LogP) is 0.304. The van der Waals surface area contributed by atoms with Crippen LogP contribution in [0.3, 0.4) is 0 Å². The molecule has 0 radical (unpaired) electrons. The Morgan fingerprint density at radius 3 is 2.67 bits per heavy atom. The number of nitrogens with zero attached hydrogens (tertiary/aromatic N) is 1. The standard InChI is InChI=1S/C4H6N4S/c5-2-1-7-4(9)8-3(2)6/h1H,5H2,(H3,6,7,8,9). The van der Waals surface area contributed by atoms with Gasteiger partial charge in [0, 0.05) is 0 Å². The highest BCUT2D eigenvalue weighted by Gasteiger charge is 1.89. The van der Waals surface area contributed by atoms with Crippen LogP contribution in [0, 0.1) is 4.77 Å². The number of nitrogens with two attached hydrogens (primary N) is 2. The van der Waals surface area contributed by atoms with Crippen LogP contribution in [-0.4, -0.2) is 9.97 Å². The van der Waals surface area contributed by atoms with Crippen molar-refractivity contribution in [3.8, 4) is 0 Å². The van der Waals surface area contributed by atoms with Crippen molar-refractivity contribution in [3.63, 3.8) is 0 Å². The van der Waals surface area contributed by atoms with Gasteiger partial charge < -0.3 is 16.5 Å². The molecule has 48 valence electrons. The maximum atomic E-state index is 5.33. The van der Waals surface area contributed by atoms with Crippen molar-refractivity contribution in [2.75, 3.05) is 11.5 Å². The van der Waals surface area contributed by atoms with E-state index < -0.39 is 0 Å². The molecule has 0 atom stereocenters. The van der Waals surface area contributed by atoms with E-state index >= 15 is 0 Å². The van der Waals surface area contributed by atoms with Crippen molar-refractivity contribution in [2.45, 2.75) is 0 Å². The maximum Gasteiger partial charge on any atom is 0.198 e. The summed E-state index contributed by atoms with van der Waals surface area (Å²) in [7, 11) is 0. The first-order valence-electron chi connectivity index (χ1n) is 2.30. The first-order valence-corrected chi connectivity index (χ1v) is 2.71. The Balaban J connectivity index is 3.34. The molecule has 1 rings (SSSR count). The third kappa shape index (κ3) is 1.17. The van der Waals surface area contributed by atoms with Crippen molar-refractivity contribution < 1.29 is 0 Å². The summed E-state index contributed by atoms with van der Waals surface area (Å²) in [5.41, 5.74) is 11.1. The average molecular weight is 142 g/mol. The van der Waals surface area contributed by atoms with Gasteiger partial charge in [0.25, 0.3) is 0 Å². The summed E-state index contributed by atoms with van der Waals surface area (Å²) in [6.45, 7) is 0. The molecular weight excluding hydrogens is 136 g/mol. The highest BCUT2D eigenvalue weighted by Crippen LogP contribution is 2.05. The zero-order valence-corrected chi connectivity index (χ0v) is 5.40. The SMILES string of the molecule is Nc1cnc(=S)[nH]c1N. The second-order valence-electron chi connectivity index (χ2n) is 1.56. The van der Waals surface area contributed by atoms with Crippen LogP contribution in [0.5, 0.6) is 0 Å². The quantitative estimate of drug-likeness (QED) is 0.455. The molecule has 9 heavy (non-hydrogen) atoms. The van der Waals surface area contributed by atoms with Gasteiger partial charge in [-0.15, -0.1) is 0 Å². The summed E-state index contributed by atoms with van der Waals surface area (Å²) in [5.74, 6) is 0.370. The molecule has 4 nitrogen and oxygen atoms in total. The number of aromatic amines is 1. The molecule has 5 heteroatoms. The highest BCUT2D eigenvalue weighted by molar-refractivity contribution is 7.71. The van der Waals surface area contributed by atoms with Gasteiger partial charge in [-0.1, -0.05) is 0 Å².